The number of carbonyl (C=O) groups is 5. The van der Waals surface area contributed by atoms with Crippen LogP contribution in [0.2, 0.25) is 0 Å². The van der Waals surface area contributed by atoms with E-state index in [1.807, 2.05) is 44.2 Å². The number of amides is 4. The van der Waals surface area contributed by atoms with E-state index in [9.17, 15) is 24.0 Å². The molecule has 13 nitrogen and oxygen atoms in total. The normalized spacial score (nSPS) is 25.7. The largest absolute Gasteiger partial charge is 0.363 e. The van der Waals surface area contributed by atoms with Gasteiger partial charge in [0.2, 0.25) is 23.6 Å². The predicted molar refractivity (Wildman–Crippen MR) is 283 cm³/mol. The predicted octanol–water partition coefficient (Wildman–Crippen LogP) is 6.92. The Bertz CT molecular complexity index is 2360. The summed E-state index contributed by atoms with van der Waals surface area (Å²) in [6.07, 6.45) is 15.7. The van der Waals surface area contributed by atoms with Crippen LogP contribution in [0.15, 0.2) is 48.5 Å². The molecular formula is C60H82N6O7. The summed E-state index contributed by atoms with van der Waals surface area (Å²) in [5.74, 6) is 12.0. The Balaban J connectivity index is 0.849. The molecule has 4 amide bonds. The average Bonchev–Trinajstić information content (AvgIpc) is 4.24. The Hall–Kier alpha value is -5.05. The summed E-state index contributed by atoms with van der Waals surface area (Å²) in [5, 5.41) is 13.2. The lowest BCUT2D eigenvalue weighted by Crippen LogP contribution is -2.53. The van der Waals surface area contributed by atoms with E-state index in [1.54, 1.807) is 11.9 Å². The monoisotopic (exact) mass is 999 g/mol. The Morgan fingerprint density at radius 3 is 1.78 bits per heavy atom. The third-order valence-electron chi connectivity index (χ3n) is 17.4. The van der Waals surface area contributed by atoms with Crippen molar-refractivity contribution >= 4 is 29.4 Å². The number of hydrogen-bond donors (Lipinski definition) is 4. The molecule has 8 rings (SSSR count). The zero-order valence-electron chi connectivity index (χ0n) is 44.1. The molecule has 0 bridgehead atoms. The fraction of sp³-hybridized carbons (Fsp3) is 0.650. The summed E-state index contributed by atoms with van der Waals surface area (Å²) >= 11 is 0. The first-order chi connectivity index (χ1) is 35.5. The first-order valence-electron chi connectivity index (χ1n) is 28.0. The molecule has 2 heterocycles. The molecule has 73 heavy (non-hydrogen) atoms. The van der Waals surface area contributed by atoms with Gasteiger partial charge in [0.1, 0.15) is 25.0 Å². The summed E-state index contributed by atoms with van der Waals surface area (Å²) in [6, 6.07) is 14.4. The Morgan fingerprint density at radius 1 is 0.671 bits per heavy atom. The fourth-order valence-corrected chi connectivity index (χ4v) is 12.7. The van der Waals surface area contributed by atoms with Gasteiger partial charge >= 0.3 is 0 Å². The smallest absolute Gasteiger partial charge is 0.243 e. The van der Waals surface area contributed by atoms with Crippen molar-refractivity contribution in [2.24, 2.45) is 23.7 Å². The quantitative estimate of drug-likeness (QED) is 0.103. The standard InChI is InChI=1S/C60H82N6O7/c1-5-40(2)57(68)62-49(43-24-12-9-13-25-43)39-65-32-20-30-50(65)58(69)63-55-46-28-16-14-26-44(46)36-53(55)72-34-18-6-7-19-35-73-54-37-45-27-15-17-29-47(45)56(54)64-59(70)51-31-21-33-66(51)60(71)48(38-52(67)41(3)61-4)42-22-10-8-11-23-42/h14-17,26-29,40-43,48-51,53-56,61H,5,8-13,20-25,30-39H2,1-4H3,(H,62,68)(H,63,69)(H,64,70)/t40-,41+,48+,49-,50+,51+,53-,54-,55+,56+/m0/s1. The lowest BCUT2D eigenvalue weighted by atomic mass is 9.76. The molecule has 2 aromatic carbocycles. The highest BCUT2D eigenvalue weighted by Gasteiger charge is 2.44. The van der Waals surface area contributed by atoms with Crippen LogP contribution < -0.4 is 21.3 Å². The van der Waals surface area contributed by atoms with Crippen molar-refractivity contribution in [3.05, 3.63) is 70.8 Å². The molecule has 394 valence electrons. The second kappa shape index (κ2) is 26.4. The molecule has 13 heteroatoms. The van der Waals surface area contributed by atoms with Crippen molar-refractivity contribution in [3.63, 3.8) is 0 Å². The topological polar surface area (TPSA) is 158 Å². The van der Waals surface area contributed by atoms with Crippen molar-refractivity contribution < 1.29 is 33.4 Å². The van der Waals surface area contributed by atoms with E-state index >= 15 is 0 Å². The molecule has 2 aliphatic heterocycles. The number of likely N-dealkylation sites (tertiary alicyclic amines) is 2. The Morgan fingerprint density at radius 2 is 1.21 bits per heavy atom. The molecule has 2 aromatic rings. The van der Waals surface area contributed by atoms with Gasteiger partial charge < -0.3 is 35.6 Å². The fourth-order valence-electron chi connectivity index (χ4n) is 12.7. The van der Waals surface area contributed by atoms with Gasteiger partial charge in [0.15, 0.2) is 0 Å². The number of benzene rings is 2. The van der Waals surface area contributed by atoms with Gasteiger partial charge in [-0.15, -0.1) is 0 Å². The van der Waals surface area contributed by atoms with Crippen LogP contribution in [-0.4, -0.2) is 115 Å². The van der Waals surface area contributed by atoms with Crippen molar-refractivity contribution in [2.75, 3.05) is 39.9 Å². The van der Waals surface area contributed by atoms with Crippen LogP contribution in [-0.2, 0) is 46.3 Å². The number of fused-ring (bicyclic) bond motifs is 2. The molecule has 0 spiro atoms. The van der Waals surface area contributed by atoms with Crippen LogP contribution >= 0.6 is 0 Å². The molecule has 0 radical (unpaired) electrons. The highest BCUT2D eigenvalue weighted by molar-refractivity contribution is 5.93. The number of likely N-dealkylation sites (N-methyl/N-ethyl adjacent to an activating group) is 1. The Kier molecular flexibility index (Phi) is 19.6. The molecule has 4 N–H and O–H groups in total. The van der Waals surface area contributed by atoms with Crippen LogP contribution in [0, 0.1) is 47.4 Å². The maximum Gasteiger partial charge on any atom is 0.243 e. The average molecular weight is 999 g/mol. The summed E-state index contributed by atoms with van der Waals surface area (Å²) in [6.45, 7) is 8.18. The van der Waals surface area contributed by atoms with Gasteiger partial charge in [0, 0.05) is 50.2 Å². The maximum absolute atomic E-state index is 14.4. The highest BCUT2D eigenvalue weighted by Crippen LogP contribution is 2.38. The highest BCUT2D eigenvalue weighted by atomic mass is 16.5. The van der Waals surface area contributed by atoms with E-state index in [2.05, 4.69) is 75.0 Å². The van der Waals surface area contributed by atoms with Gasteiger partial charge in [-0.1, -0.05) is 113 Å². The van der Waals surface area contributed by atoms with Crippen LogP contribution in [0.1, 0.15) is 158 Å². The van der Waals surface area contributed by atoms with Crippen molar-refractivity contribution in [3.8, 4) is 23.7 Å². The third-order valence-corrected chi connectivity index (χ3v) is 17.4. The van der Waals surface area contributed by atoms with E-state index in [0.717, 1.165) is 99.4 Å². The van der Waals surface area contributed by atoms with Crippen molar-refractivity contribution in [1.82, 2.24) is 31.1 Å². The van der Waals surface area contributed by atoms with E-state index < -0.39 is 18.0 Å². The number of rotatable bonds is 20. The summed E-state index contributed by atoms with van der Waals surface area (Å²) in [4.78, 5) is 73.3. The van der Waals surface area contributed by atoms with Crippen molar-refractivity contribution in [1.29, 1.82) is 0 Å². The zero-order chi connectivity index (χ0) is 51.3. The lowest BCUT2D eigenvalue weighted by Gasteiger charge is -2.36. The molecule has 0 aromatic heterocycles. The van der Waals surface area contributed by atoms with Gasteiger partial charge in [-0.05, 0) is 124 Å². The number of ketones is 1. The van der Waals surface area contributed by atoms with Crippen LogP contribution in [0.4, 0.5) is 0 Å². The molecule has 10 atom stereocenters. The van der Waals surface area contributed by atoms with E-state index in [1.165, 1.54) is 19.3 Å². The molecule has 2 saturated heterocycles. The van der Waals surface area contributed by atoms with Gasteiger partial charge in [0.25, 0.3) is 0 Å². The SMILES string of the molecule is CC[C@H](C)C(=O)N[C@@H](CN1CCC[C@@H]1C(=O)N[C@@H]1c2ccccc2C[C@@H]1OCC#CC#CCO[C@H]1Cc2ccccc2[C@H]1NC(=O)[C@H]1CCCN1C(=O)[C@H](CC(=O)[C@@H](C)NC)C1CCCCC1)C1CCCCC1. The van der Waals surface area contributed by atoms with Gasteiger partial charge in [0.05, 0.1) is 36.4 Å². The lowest BCUT2D eigenvalue weighted by molar-refractivity contribution is -0.145. The van der Waals surface area contributed by atoms with Gasteiger partial charge in [-0.25, -0.2) is 0 Å². The van der Waals surface area contributed by atoms with Crippen LogP contribution in [0.25, 0.3) is 0 Å². The molecule has 4 aliphatic carbocycles. The van der Waals surface area contributed by atoms with Crippen molar-refractivity contribution in [2.45, 2.75) is 185 Å². The second-order valence-electron chi connectivity index (χ2n) is 21.9. The maximum atomic E-state index is 14.4. The summed E-state index contributed by atoms with van der Waals surface area (Å²) in [5.41, 5.74) is 4.33. The summed E-state index contributed by atoms with van der Waals surface area (Å²) < 4.78 is 12.8. The number of ether oxygens (including phenoxy) is 2. The van der Waals surface area contributed by atoms with E-state index in [-0.39, 0.29) is 97.3 Å². The zero-order valence-corrected chi connectivity index (χ0v) is 44.1. The number of hydrogen-bond acceptors (Lipinski definition) is 9. The molecule has 4 fully saturated rings. The molecular weight excluding hydrogens is 917 g/mol. The van der Waals surface area contributed by atoms with Crippen LogP contribution in [0.5, 0.6) is 0 Å². The minimum atomic E-state index is -0.603. The molecule has 0 unspecified atom stereocenters. The number of carbonyl (C=O) groups excluding carboxylic acids is 5. The Labute approximate surface area is 435 Å². The van der Waals surface area contributed by atoms with Crippen LogP contribution in [0.3, 0.4) is 0 Å². The van der Waals surface area contributed by atoms with Gasteiger partial charge in [-0.2, -0.15) is 0 Å². The molecule has 6 aliphatic rings. The first kappa shape index (κ1) is 54.2. The molecule has 2 saturated carbocycles. The number of Topliss-reactive ketones (excluding diaryl/α,β-unsaturated/α-hetero) is 1. The van der Waals surface area contributed by atoms with E-state index in [4.69, 9.17) is 9.47 Å². The number of nitrogens with one attached hydrogen (secondary N) is 4. The first-order valence-corrected chi connectivity index (χ1v) is 28.0. The number of nitrogens with zero attached hydrogens (tertiary/aromatic N) is 2. The summed E-state index contributed by atoms with van der Waals surface area (Å²) in [7, 11) is 1.77. The third kappa shape index (κ3) is 13.6. The van der Waals surface area contributed by atoms with E-state index in [0.29, 0.717) is 38.3 Å². The second-order valence-corrected chi connectivity index (χ2v) is 21.9. The minimum absolute atomic E-state index is 0.00549. The minimum Gasteiger partial charge on any atom is -0.363 e. The van der Waals surface area contributed by atoms with Gasteiger partial charge in [-0.3, -0.25) is 28.9 Å².